The number of carboxylic acids is 1. The number of thiol groups is 1. The van der Waals surface area contributed by atoms with Crippen LogP contribution in [-0.2, 0) is 11.3 Å². The smallest absolute Gasteiger partial charge is 0.341 e. The van der Waals surface area contributed by atoms with Crippen LogP contribution >= 0.6 is 24.0 Å². The summed E-state index contributed by atoms with van der Waals surface area (Å²) >= 11 is 6.04. The molecule has 12 heteroatoms. The summed E-state index contributed by atoms with van der Waals surface area (Å²) < 4.78 is 22.5. The van der Waals surface area contributed by atoms with E-state index in [4.69, 9.17) is 4.74 Å². The van der Waals surface area contributed by atoms with Crippen molar-refractivity contribution in [3.63, 3.8) is 0 Å². The van der Waals surface area contributed by atoms with Gasteiger partial charge in [-0.3, -0.25) is 9.69 Å². The van der Waals surface area contributed by atoms with E-state index in [-0.39, 0.29) is 10.9 Å². The van der Waals surface area contributed by atoms with Gasteiger partial charge in [-0.05, 0) is 30.5 Å². The number of aromatic carboxylic acids is 1. The van der Waals surface area contributed by atoms with E-state index in [1.54, 1.807) is 27.0 Å². The molecule has 0 bridgehead atoms. The second kappa shape index (κ2) is 9.51. The highest BCUT2D eigenvalue weighted by atomic mass is 32.1. The van der Waals surface area contributed by atoms with Crippen LogP contribution < -0.4 is 10.3 Å². The van der Waals surface area contributed by atoms with Crippen molar-refractivity contribution < 1.29 is 19.0 Å². The highest BCUT2D eigenvalue weighted by Crippen LogP contribution is 2.27. The van der Waals surface area contributed by atoms with Crippen molar-refractivity contribution in [2.75, 3.05) is 37.7 Å². The lowest BCUT2D eigenvalue weighted by Crippen LogP contribution is -2.50. The second-order valence-corrected chi connectivity index (χ2v) is 9.69. The van der Waals surface area contributed by atoms with Gasteiger partial charge in [-0.1, -0.05) is 6.07 Å². The summed E-state index contributed by atoms with van der Waals surface area (Å²) in [6, 6.07) is 6.70. The van der Waals surface area contributed by atoms with Gasteiger partial charge in [-0.25, -0.2) is 14.2 Å². The molecule has 2 aromatic heterocycles. The fourth-order valence-corrected chi connectivity index (χ4v) is 5.23. The fourth-order valence-electron chi connectivity index (χ4n) is 4.35. The van der Waals surface area contributed by atoms with Crippen LogP contribution in [0.2, 0.25) is 0 Å². The maximum atomic E-state index is 15.1. The van der Waals surface area contributed by atoms with E-state index < -0.39 is 22.8 Å². The van der Waals surface area contributed by atoms with Gasteiger partial charge in [0.25, 0.3) is 5.90 Å². The number of carboxylic acid groups (broad SMARTS) is 1. The second-order valence-electron chi connectivity index (χ2n) is 8.30. The molecule has 35 heavy (non-hydrogen) atoms. The third-order valence-corrected chi connectivity index (χ3v) is 7.43. The van der Waals surface area contributed by atoms with Gasteiger partial charge in [0.05, 0.1) is 22.7 Å². The Morgan fingerprint density at radius 3 is 2.74 bits per heavy atom. The third kappa shape index (κ3) is 4.48. The standard InChI is InChI=1S/C23H24FN5O4S2/c1-2-27-12-15(22(31)32)20(30)14-10-16(24)18(11-17(14)27)28-7-5-26(6-8-28)13-29-23(34)33-21(25-29)19-4-3-9-35-19/h3-4,9-12,23,34H,2,5-8,13H2,1H3,(H,31,32). The highest BCUT2D eigenvalue weighted by molar-refractivity contribution is 7.80. The molecular weight excluding hydrogens is 493 g/mol. The average Bonchev–Trinajstić information content (AvgIpc) is 3.50. The number of carbonyl (C=O) groups is 1. The first-order valence-electron chi connectivity index (χ1n) is 11.2. The van der Waals surface area contributed by atoms with E-state index in [2.05, 4.69) is 22.6 Å². The van der Waals surface area contributed by atoms with Crippen LogP contribution in [0.1, 0.15) is 22.2 Å². The molecule has 1 saturated heterocycles. The Balaban J connectivity index is 1.32. The van der Waals surface area contributed by atoms with Gasteiger partial charge in [0.2, 0.25) is 11.0 Å². The molecule has 1 fully saturated rings. The Hall–Kier alpha value is -3.09. The van der Waals surface area contributed by atoms with Gasteiger partial charge in [-0.15, -0.1) is 29.1 Å². The molecule has 9 nitrogen and oxygen atoms in total. The predicted octanol–water partition coefficient (Wildman–Crippen LogP) is 2.91. The number of piperazine rings is 1. The molecule has 0 radical (unpaired) electrons. The number of anilines is 1. The number of rotatable bonds is 6. The molecule has 2 aliphatic rings. The fraction of sp³-hybridized carbons (Fsp3) is 0.348. The quantitative estimate of drug-likeness (QED) is 0.486. The topological polar surface area (TPSA) is 90.6 Å². The molecule has 0 aliphatic carbocycles. The van der Waals surface area contributed by atoms with Crippen LogP contribution in [0.15, 0.2) is 45.7 Å². The van der Waals surface area contributed by atoms with Crippen molar-refractivity contribution in [2.45, 2.75) is 19.0 Å². The van der Waals surface area contributed by atoms with Crippen LogP contribution in [-0.4, -0.2) is 69.9 Å². The summed E-state index contributed by atoms with van der Waals surface area (Å²) in [7, 11) is 0. The van der Waals surface area contributed by atoms with E-state index in [9.17, 15) is 14.7 Å². The maximum absolute atomic E-state index is 15.1. The van der Waals surface area contributed by atoms with Crippen molar-refractivity contribution in [2.24, 2.45) is 5.10 Å². The van der Waals surface area contributed by atoms with Crippen LogP contribution in [0.25, 0.3) is 10.9 Å². The number of thiophene rings is 1. The van der Waals surface area contributed by atoms with Crippen LogP contribution in [0.4, 0.5) is 10.1 Å². The van der Waals surface area contributed by atoms with E-state index in [0.717, 1.165) is 10.9 Å². The molecule has 0 spiro atoms. The van der Waals surface area contributed by atoms with Crippen LogP contribution in [0.3, 0.4) is 0 Å². The van der Waals surface area contributed by atoms with Gasteiger partial charge < -0.3 is 19.3 Å². The number of hydrazone groups is 1. The Kier molecular flexibility index (Phi) is 6.43. The van der Waals surface area contributed by atoms with Crippen molar-refractivity contribution >= 4 is 52.4 Å². The molecular formula is C23H24FN5O4S2. The summed E-state index contributed by atoms with van der Waals surface area (Å²) in [5.41, 5.74) is -0.590. The first-order valence-corrected chi connectivity index (χ1v) is 12.6. The van der Waals surface area contributed by atoms with Crippen molar-refractivity contribution in [1.82, 2.24) is 14.5 Å². The number of pyridine rings is 1. The van der Waals surface area contributed by atoms with Crippen molar-refractivity contribution in [1.29, 1.82) is 0 Å². The minimum absolute atomic E-state index is 0.0693. The van der Waals surface area contributed by atoms with E-state index in [1.165, 1.54) is 6.20 Å². The summed E-state index contributed by atoms with van der Waals surface area (Å²) in [5, 5.41) is 17.7. The van der Waals surface area contributed by atoms with Crippen LogP contribution in [0.5, 0.6) is 0 Å². The Labute approximate surface area is 210 Å². The highest BCUT2D eigenvalue weighted by Gasteiger charge is 2.29. The molecule has 1 aromatic carbocycles. The molecule has 1 unspecified atom stereocenters. The monoisotopic (exact) mass is 517 g/mol. The van der Waals surface area contributed by atoms with Gasteiger partial charge >= 0.3 is 5.97 Å². The minimum Gasteiger partial charge on any atom is -0.477 e. The number of aromatic nitrogens is 1. The molecule has 2 aliphatic heterocycles. The number of hydrogen-bond acceptors (Lipinski definition) is 9. The average molecular weight is 518 g/mol. The molecule has 184 valence electrons. The SMILES string of the molecule is CCn1cc(C(=O)O)c(=O)c2cc(F)c(N3CCN(CN4N=C(c5cccs5)OC4S)CC3)cc21. The molecule has 5 rings (SSSR count). The van der Waals surface area contributed by atoms with Gasteiger partial charge in [0, 0.05) is 44.3 Å². The van der Waals surface area contributed by atoms with Crippen molar-refractivity contribution in [3.8, 4) is 0 Å². The molecule has 4 heterocycles. The van der Waals surface area contributed by atoms with E-state index >= 15 is 4.39 Å². The first-order chi connectivity index (χ1) is 16.9. The number of benzene rings is 1. The molecule has 1 N–H and O–H groups in total. The largest absolute Gasteiger partial charge is 0.477 e. The maximum Gasteiger partial charge on any atom is 0.341 e. The number of fused-ring (bicyclic) bond motifs is 1. The van der Waals surface area contributed by atoms with E-state index in [0.29, 0.717) is 56.5 Å². The summed E-state index contributed by atoms with van der Waals surface area (Å²) in [5.74, 6) is -1.30. The first kappa shape index (κ1) is 23.6. The summed E-state index contributed by atoms with van der Waals surface area (Å²) in [6.07, 6.45) is 1.32. The zero-order valence-electron chi connectivity index (χ0n) is 18.9. The molecule has 0 saturated carbocycles. The van der Waals surface area contributed by atoms with Gasteiger partial charge in [-0.2, -0.15) is 0 Å². The lowest BCUT2D eigenvalue weighted by atomic mass is 10.1. The van der Waals surface area contributed by atoms with E-state index in [1.807, 2.05) is 29.3 Å². The number of nitrogens with zero attached hydrogens (tertiary/aromatic N) is 5. The van der Waals surface area contributed by atoms with Gasteiger partial charge in [0.1, 0.15) is 11.4 Å². The molecule has 0 amide bonds. The van der Waals surface area contributed by atoms with Crippen LogP contribution in [0, 0.1) is 5.82 Å². The Morgan fingerprint density at radius 1 is 1.31 bits per heavy atom. The minimum atomic E-state index is -1.32. The number of hydrogen-bond donors (Lipinski definition) is 2. The summed E-state index contributed by atoms with van der Waals surface area (Å²) in [4.78, 5) is 29.1. The normalized spacial score (nSPS) is 18.7. The number of halogens is 1. The lowest BCUT2D eigenvalue weighted by molar-refractivity contribution is 0.0669. The van der Waals surface area contributed by atoms with Crippen molar-refractivity contribution in [3.05, 3.63) is 62.3 Å². The zero-order chi connectivity index (χ0) is 24.7. The lowest BCUT2D eigenvalue weighted by Gasteiger charge is -2.37. The third-order valence-electron chi connectivity index (χ3n) is 6.20. The Bertz CT molecular complexity index is 1350. The molecule has 3 aromatic rings. The molecule has 1 atom stereocenters. The predicted molar refractivity (Wildman–Crippen MR) is 136 cm³/mol. The Morgan fingerprint density at radius 2 is 2.09 bits per heavy atom. The zero-order valence-corrected chi connectivity index (χ0v) is 20.6. The number of aryl methyl sites for hydroxylation is 1. The summed E-state index contributed by atoms with van der Waals surface area (Å²) in [6.45, 7) is 5.35. The van der Waals surface area contributed by atoms with Gasteiger partial charge in [0.15, 0.2) is 0 Å². The number of ether oxygens (including phenoxy) is 1.